The Hall–Kier alpha value is -3.55. The molecule has 4 rings (SSSR count). The van der Waals surface area contributed by atoms with E-state index in [9.17, 15) is 19.2 Å². The van der Waals surface area contributed by atoms with E-state index in [0.717, 1.165) is 0 Å². The van der Waals surface area contributed by atoms with E-state index < -0.39 is 0 Å². The number of amides is 4. The topological polar surface area (TPSA) is 99.7 Å². The van der Waals surface area contributed by atoms with E-state index in [4.69, 9.17) is 0 Å². The zero-order valence-electron chi connectivity index (χ0n) is 17.5. The van der Waals surface area contributed by atoms with Crippen LogP contribution in [0.3, 0.4) is 0 Å². The highest BCUT2D eigenvalue weighted by Gasteiger charge is 2.37. The second kappa shape index (κ2) is 8.29. The van der Waals surface area contributed by atoms with Crippen LogP contribution in [0.2, 0.25) is 0 Å². The zero-order valence-corrected chi connectivity index (χ0v) is 17.5. The van der Waals surface area contributed by atoms with Crippen LogP contribution < -0.4 is 5.32 Å². The van der Waals surface area contributed by atoms with Gasteiger partial charge in [0, 0.05) is 48.7 Å². The monoisotopic (exact) mass is 420 g/mol. The highest BCUT2D eigenvalue weighted by Crippen LogP contribution is 2.26. The van der Waals surface area contributed by atoms with Crippen LogP contribution in [0, 0.1) is 0 Å². The van der Waals surface area contributed by atoms with E-state index in [2.05, 4.69) is 10.3 Å². The molecule has 1 aromatic carbocycles. The summed E-state index contributed by atoms with van der Waals surface area (Å²) in [6, 6.07) is 7.69. The van der Waals surface area contributed by atoms with Crippen molar-refractivity contribution >= 4 is 23.6 Å². The summed E-state index contributed by atoms with van der Waals surface area (Å²) in [6.07, 6.45) is 4.48. The van der Waals surface area contributed by atoms with Gasteiger partial charge in [0.05, 0.1) is 11.1 Å². The Morgan fingerprint density at radius 2 is 1.61 bits per heavy atom. The van der Waals surface area contributed by atoms with Gasteiger partial charge < -0.3 is 10.2 Å². The molecule has 0 atom stereocenters. The standard InChI is InChI=1S/C23H24N4O4/c1-14(2)27-22(30)18-4-3-16(13-19(18)23(27)31)20(28)25-17-7-11-26(12-8-17)21(29)15-5-9-24-10-6-15/h3-6,9-10,13-14,17H,7-8,11-12H2,1-2H3,(H,25,28). The van der Waals surface area contributed by atoms with Gasteiger partial charge in [0.2, 0.25) is 0 Å². The van der Waals surface area contributed by atoms with Crippen molar-refractivity contribution in [1.82, 2.24) is 20.1 Å². The molecule has 2 aromatic rings. The van der Waals surface area contributed by atoms with Crippen molar-refractivity contribution in [3.8, 4) is 0 Å². The number of hydrogen-bond donors (Lipinski definition) is 1. The first-order valence-corrected chi connectivity index (χ1v) is 10.4. The molecular formula is C23H24N4O4. The van der Waals surface area contributed by atoms with Crippen molar-refractivity contribution in [3.63, 3.8) is 0 Å². The summed E-state index contributed by atoms with van der Waals surface area (Å²) in [7, 11) is 0. The Morgan fingerprint density at radius 3 is 2.26 bits per heavy atom. The van der Waals surface area contributed by atoms with Gasteiger partial charge in [-0.05, 0) is 57.0 Å². The number of nitrogens with one attached hydrogen (secondary N) is 1. The van der Waals surface area contributed by atoms with E-state index in [1.165, 1.54) is 11.0 Å². The van der Waals surface area contributed by atoms with Crippen molar-refractivity contribution < 1.29 is 19.2 Å². The lowest BCUT2D eigenvalue weighted by atomic mass is 10.0. The minimum absolute atomic E-state index is 0.0383. The van der Waals surface area contributed by atoms with Crippen molar-refractivity contribution in [2.75, 3.05) is 13.1 Å². The minimum atomic E-state index is -0.368. The number of hydrogen-bond acceptors (Lipinski definition) is 5. The van der Waals surface area contributed by atoms with Crippen LogP contribution in [-0.2, 0) is 0 Å². The summed E-state index contributed by atoms with van der Waals surface area (Å²) < 4.78 is 0. The molecular weight excluding hydrogens is 396 g/mol. The summed E-state index contributed by atoms with van der Waals surface area (Å²) in [4.78, 5) is 57.2. The molecule has 0 saturated carbocycles. The number of imide groups is 1. The quantitative estimate of drug-likeness (QED) is 0.764. The lowest BCUT2D eigenvalue weighted by Crippen LogP contribution is -2.46. The highest BCUT2D eigenvalue weighted by molar-refractivity contribution is 6.22. The van der Waals surface area contributed by atoms with Crippen molar-refractivity contribution in [1.29, 1.82) is 0 Å². The van der Waals surface area contributed by atoms with Crippen LogP contribution in [0.15, 0.2) is 42.7 Å². The number of fused-ring (bicyclic) bond motifs is 1. The molecule has 0 bridgehead atoms. The maximum Gasteiger partial charge on any atom is 0.261 e. The van der Waals surface area contributed by atoms with E-state index in [1.54, 1.807) is 55.4 Å². The fraction of sp³-hybridized carbons (Fsp3) is 0.348. The van der Waals surface area contributed by atoms with Gasteiger partial charge in [-0.1, -0.05) is 0 Å². The maximum absolute atomic E-state index is 12.7. The molecule has 8 nitrogen and oxygen atoms in total. The fourth-order valence-corrected chi connectivity index (χ4v) is 4.04. The lowest BCUT2D eigenvalue weighted by Gasteiger charge is -2.32. The first-order valence-electron chi connectivity index (χ1n) is 10.4. The zero-order chi connectivity index (χ0) is 22.1. The maximum atomic E-state index is 12.7. The molecule has 8 heteroatoms. The molecule has 1 aromatic heterocycles. The Morgan fingerprint density at radius 1 is 0.968 bits per heavy atom. The second-order valence-electron chi connectivity index (χ2n) is 8.11. The summed E-state index contributed by atoms with van der Waals surface area (Å²) in [6.45, 7) is 4.65. The minimum Gasteiger partial charge on any atom is -0.349 e. The molecule has 0 radical (unpaired) electrons. The first-order chi connectivity index (χ1) is 14.9. The Bertz CT molecular complexity index is 1040. The third-order valence-corrected chi connectivity index (χ3v) is 5.74. The molecule has 2 aliphatic heterocycles. The molecule has 1 N–H and O–H groups in total. The predicted octanol–water partition coefficient (Wildman–Crippen LogP) is 2.12. The number of benzene rings is 1. The van der Waals surface area contributed by atoms with Crippen LogP contribution in [0.5, 0.6) is 0 Å². The van der Waals surface area contributed by atoms with Gasteiger partial charge in [0.15, 0.2) is 0 Å². The number of nitrogens with zero attached hydrogens (tertiary/aromatic N) is 3. The fourth-order valence-electron chi connectivity index (χ4n) is 4.04. The molecule has 3 heterocycles. The van der Waals surface area contributed by atoms with Crippen molar-refractivity contribution in [3.05, 3.63) is 65.0 Å². The molecule has 0 spiro atoms. The number of carbonyl (C=O) groups excluding carboxylic acids is 4. The van der Waals surface area contributed by atoms with Gasteiger partial charge in [-0.2, -0.15) is 0 Å². The van der Waals surface area contributed by atoms with E-state index in [-0.39, 0.29) is 41.3 Å². The van der Waals surface area contributed by atoms with Gasteiger partial charge in [0.25, 0.3) is 23.6 Å². The Kier molecular flexibility index (Phi) is 5.54. The molecule has 2 aliphatic rings. The molecule has 160 valence electrons. The largest absolute Gasteiger partial charge is 0.349 e. The summed E-state index contributed by atoms with van der Waals surface area (Å²) in [5, 5.41) is 2.99. The van der Waals surface area contributed by atoms with E-state index in [0.29, 0.717) is 42.6 Å². The van der Waals surface area contributed by atoms with Crippen LogP contribution in [0.25, 0.3) is 0 Å². The van der Waals surface area contributed by atoms with Gasteiger partial charge >= 0.3 is 0 Å². The van der Waals surface area contributed by atoms with Crippen molar-refractivity contribution in [2.45, 2.75) is 38.8 Å². The Balaban J connectivity index is 1.38. The number of pyridine rings is 1. The number of rotatable bonds is 4. The highest BCUT2D eigenvalue weighted by atomic mass is 16.2. The summed E-state index contributed by atoms with van der Waals surface area (Å²) in [5.41, 5.74) is 1.55. The normalized spacial score (nSPS) is 16.6. The Labute approximate surface area is 180 Å². The summed E-state index contributed by atoms with van der Waals surface area (Å²) in [5.74, 6) is -1.02. The van der Waals surface area contributed by atoms with Crippen LogP contribution in [0.4, 0.5) is 0 Å². The van der Waals surface area contributed by atoms with Crippen LogP contribution in [-0.4, -0.2) is 63.6 Å². The van der Waals surface area contributed by atoms with Crippen molar-refractivity contribution in [2.24, 2.45) is 0 Å². The molecule has 1 saturated heterocycles. The van der Waals surface area contributed by atoms with Gasteiger partial charge in [-0.3, -0.25) is 29.1 Å². The number of aromatic nitrogens is 1. The van der Waals surface area contributed by atoms with Gasteiger partial charge in [-0.15, -0.1) is 0 Å². The van der Waals surface area contributed by atoms with Crippen LogP contribution >= 0.6 is 0 Å². The summed E-state index contributed by atoms with van der Waals surface area (Å²) >= 11 is 0. The number of likely N-dealkylation sites (tertiary alicyclic amines) is 1. The van der Waals surface area contributed by atoms with Gasteiger partial charge in [0.1, 0.15) is 0 Å². The SMILES string of the molecule is CC(C)N1C(=O)c2ccc(C(=O)NC3CCN(C(=O)c4ccncc4)CC3)cc2C1=O. The molecule has 4 amide bonds. The first kappa shape index (κ1) is 20.7. The third-order valence-electron chi connectivity index (χ3n) is 5.74. The average molecular weight is 420 g/mol. The third kappa shape index (κ3) is 3.93. The van der Waals surface area contributed by atoms with E-state index in [1.807, 2.05) is 0 Å². The van der Waals surface area contributed by atoms with E-state index >= 15 is 0 Å². The molecule has 0 aliphatic carbocycles. The lowest BCUT2D eigenvalue weighted by molar-refractivity contribution is 0.0607. The molecule has 31 heavy (non-hydrogen) atoms. The molecule has 1 fully saturated rings. The number of piperidine rings is 1. The van der Waals surface area contributed by atoms with Gasteiger partial charge in [-0.25, -0.2) is 0 Å². The van der Waals surface area contributed by atoms with Crippen LogP contribution in [0.1, 0.15) is 68.1 Å². The molecule has 0 unspecified atom stereocenters. The predicted molar refractivity (Wildman–Crippen MR) is 113 cm³/mol. The smallest absolute Gasteiger partial charge is 0.261 e. The average Bonchev–Trinajstić information content (AvgIpc) is 3.04. The second-order valence-corrected chi connectivity index (χ2v) is 8.11. The number of carbonyl (C=O) groups is 4.